The molecule has 2 aromatic heterocycles. The number of nitrogens with zero attached hydrogens (tertiary/aromatic N) is 2. The Morgan fingerprint density at radius 3 is 2.88 bits per heavy atom. The molecule has 0 amide bonds. The fourth-order valence-electron chi connectivity index (χ4n) is 3.36. The lowest BCUT2D eigenvalue weighted by Crippen LogP contribution is -2.26. The van der Waals surface area contributed by atoms with Gasteiger partial charge in [0.25, 0.3) is 0 Å². The van der Waals surface area contributed by atoms with Crippen molar-refractivity contribution in [3.8, 4) is 16.5 Å². The number of hydrogen-bond donors (Lipinski definition) is 0. The zero-order chi connectivity index (χ0) is 17.4. The van der Waals surface area contributed by atoms with Crippen molar-refractivity contribution in [2.45, 2.75) is 55.2 Å². The number of ketones is 1. The Morgan fingerprint density at radius 2 is 2.20 bits per heavy atom. The SMILES string of the molecule is C[C@@H]1CCC(=O)[C@H](Sc2nc(C3CC3)cc(-c3cccs3)c2C#N)C1. The minimum Gasteiger partial charge on any atom is -0.298 e. The van der Waals surface area contributed by atoms with Crippen molar-refractivity contribution in [3.63, 3.8) is 0 Å². The van der Waals surface area contributed by atoms with E-state index in [1.54, 1.807) is 11.3 Å². The van der Waals surface area contributed by atoms with Crippen LogP contribution in [0.15, 0.2) is 28.6 Å². The molecule has 2 fully saturated rings. The fraction of sp³-hybridized carbons (Fsp3) is 0.450. The summed E-state index contributed by atoms with van der Waals surface area (Å²) in [7, 11) is 0. The summed E-state index contributed by atoms with van der Waals surface area (Å²) < 4.78 is 0. The first-order valence-corrected chi connectivity index (χ1v) is 10.6. The average molecular weight is 369 g/mol. The lowest BCUT2D eigenvalue weighted by molar-refractivity contribution is -0.120. The maximum absolute atomic E-state index is 12.4. The van der Waals surface area contributed by atoms with Crippen LogP contribution in [0.25, 0.3) is 10.4 Å². The van der Waals surface area contributed by atoms with Gasteiger partial charge in [-0.25, -0.2) is 4.98 Å². The van der Waals surface area contributed by atoms with Gasteiger partial charge in [-0.3, -0.25) is 4.79 Å². The molecule has 25 heavy (non-hydrogen) atoms. The van der Waals surface area contributed by atoms with E-state index in [9.17, 15) is 10.1 Å². The van der Waals surface area contributed by atoms with Gasteiger partial charge in [0.1, 0.15) is 16.9 Å². The summed E-state index contributed by atoms with van der Waals surface area (Å²) in [4.78, 5) is 18.3. The van der Waals surface area contributed by atoms with E-state index >= 15 is 0 Å². The normalized spacial score (nSPS) is 23.4. The van der Waals surface area contributed by atoms with Crippen molar-refractivity contribution in [2.75, 3.05) is 0 Å². The van der Waals surface area contributed by atoms with Gasteiger partial charge >= 0.3 is 0 Å². The molecule has 2 aromatic rings. The minimum absolute atomic E-state index is 0.0611. The molecule has 0 N–H and O–H groups in total. The number of nitriles is 1. The third kappa shape index (κ3) is 3.51. The molecule has 4 rings (SSSR count). The Kier molecular flexibility index (Phi) is 4.66. The molecule has 2 aliphatic carbocycles. The lowest BCUT2D eigenvalue weighted by atomic mass is 9.90. The van der Waals surface area contributed by atoms with Crippen LogP contribution in [0.3, 0.4) is 0 Å². The van der Waals surface area contributed by atoms with Gasteiger partial charge in [-0.1, -0.05) is 24.8 Å². The van der Waals surface area contributed by atoms with Crippen LogP contribution in [0.2, 0.25) is 0 Å². The molecule has 3 nitrogen and oxygen atoms in total. The van der Waals surface area contributed by atoms with E-state index in [1.807, 2.05) is 11.4 Å². The monoisotopic (exact) mass is 368 g/mol. The number of rotatable bonds is 4. The highest BCUT2D eigenvalue weighted by Gasteiger charge is 2.31. The quantitative estimate of drug-likeness (QED) is 0.724. The van der Waals surface area contributed by atoms with Crippen LogP contribution in [-0.2, 0) is 4.79 Å². The van der Waals surface area contributed by atoms with Gasteiger partial charge < -0.3 is 0 Å². The molecule has 0 spiro atoms. The predicted octanol–water partition coefficient (Wildman–Crippen LogP) is 5.41. The minimum atomic E-state index is -0.0611. The summed E-state index contributed by atoms with van der Waals surface area (Å²) in [6.45, 7) is 2.20. The molecule has 0 bridgehead atoms. The molecule has 128 valence electrons. The third-order valence-corrected chi connectivity index (χ3v) is 7.17. The van der Waals surface area contributed by atoms with E-state index in [0.717, 1.165) is 34.0 Å². The molecule has 2 atom stereocenters. The summed E-state index contributed by atoms with van der Waals surface area (Å²) in [6, 6.07) is 8.53. The number of thiophene rings is 1. The summed E-state index contributed by atoms with van der Waals surface area (Å²) in [5.74, 6) is 1.39. The van der Waals surface area contributed by atoms with Crippen molar-refractivity contribution in [3.05, 3.63) is 34.8 Å². The number of carbonyl (C=O) groups is 1. The van der Waals surface area contributed by atoms with Crippen molar-refractivity contribution in [1.82, 2.24) is 4.98 Å². The van der Waals surface area contributed by atoms with Gasteiger partial charge in [-0.15, -0.1) is 11.3 Å². The standard InChI is InChI=1S/C20H20N2OS2/c1-12-4-7-17(23)19(9-12)25-20-15(11-21)14(18-3-2-8-24-18)10-16(22-20)13-5-6-13/h2-3,8,10,12-13,19H,4-7,9H2,1H3/t12-,19-/m1/s1. The third-order valence-electron chi connectivity index (χ3n) is 5.01. The Hall–Kier alpha value is -1.64. The van der Waals surface area contributed by atoms with E-state index in [0.29, 0.717) is 29.6 Å². The van der Waals surface area contributed by atoms with Crippen LogP contribution < -0.4 is 0 Å². The smallest absolute Gasteiger partial charge is 0.146 e. The van der Waals surface area contributed by atoms with Crippen molar-refractivity contribution >= 4 is 28.9 Å². The van der Waals surface area contributed by atoms with Gasteiger partial charge in [-0.05, 0) is 49.1 Å². The Morgan fingerprint density at radius 1 is 1.36 bits per heavy atom. The van der Waals surface area contributed by atoms with Crippen molar-refractivity contribution in [2.24, 2.45) is 5.92 Å². The summed E-state index contributed by atoms with van der Waals surface area (Å²) in [6.07, 6.45) is 4.87. The van der Waals surface area contributed by atoms with Crippen LogP contribution in [0.5, 0.6) is 0 Å². The number of carbonyl (C=O) groups excluding carboxylic acids is 1. The Labute approximate surface area is 156 Å². The molecule has 0 aromatic carbocycles. The highest BCUT2D eigenvalue weighted by Crippen LogP contribution is 2.44. The maximum atomic E-state index is 12.4. The molecule has 0 unspecified atom stereocenters. The van der Waals surface area contributed by atoms with Crippen molar-refractivity contribution < 1.29 is 4.79 Å². The molecule has 2 saturated carbocycles. The first-order valence-electron chi connectivity index (χ1n) is 8.84. The molecule has 2 aliphatic rings. The molecule has 2 heterocycles. The number of hydrogen-bond acceptors (Lipinski definition) is 5. The zero-order valence-corrected chi connectivity index (χ0v) is 15.8. The van der Waals surface area contributed by atoms with E-state index in [4.69, 9.17) is 4.98 Å². The first kappa shape index (κ1) is 16.8. The Balaban J connectivity index is 1.75. The predicted molar refractivity (Wildman–Crippen MR) is 102 cm³/mol. The topological polar surface area (TPSA) is 53.8 Å². The van der Waals surface area contributed by atoms with Crippen LogP contribution in [0, 0.1) is 17.2 Å². The largest absolute Gasteiger partial charge is 0.298 e. The summed E-state index contributed by atoms with van der Waals surface area (Å²) in [5.41, 5.74) is 2.69. The van der Waals surface area contributed by atoms with Crippen LogP contribution in [0.1, 0.15) is 56.2 Å². The van der Waals surface area contributed by atoms with E-state index < -0.39 is 0 Å². The molecular formula is C20H20N2OS2. The number of pyridine rings is 1. The van der Waals surface area contributed by atoms with Gasteiger partial charge in [0.05, 0.1) is 10.8 Å². The second-order valence-electron chi connectivity index (χ2n) is 7.09. The molecule has 0 radical (unpaired) electrons. The number of Topliss-reactive ketones (excluding diaryl/α,β-unsaturated/α-hetero) is 1. The second-order valence-corrected chi connectivity index (χ2v) is 9.23. The second kappa shape index (κ2) is 6.93. The molecule has 0 aliphatic heterocycles. The van der Waals surface area contributed by atoms with Crippen LogP contribution in [0.4, 0.5) is 0 Å². The van der Waals surface area contributed by atoms with Gasteiger partial charge in [0.15, 0.2) is 0 Å². The molecular weight excluding hydrogens is 348 g/mol. The molecule has 0 saturated heterocycles. The fourth-order valence-corrected chi connectivity index (χ4v) is 5.49. The van der Waals surface area contributed by atoms with Crippen LogP contribution >= 0.6 is 23.1 Å². The summed E-state index contributed by atoms with van der Waals surface area (Å²) in [5, 5.41) is 12.5. The van der Waals surface area contributed by atoms with Gasteiger partial charge in [-0.2, -0.15) is 5.26 Å². The summed E-state index contributed by atoms with van der Waals surface area (Å²) >= 11 is 3.17. The van der Waals surface area contributed by atoms with Gasteiger partial charge in [0.2, 0.25) is 0 Å². The van der Waals surface area contributed by atoms with Gasteiger partial charge in [0, 0.05) is 28.5 Å². The maximum Gasteiger partial charge on any atom is 0.146 e. The Bertz CT molecular complexity index is 834. The number of thioether (sulfide) groups is 1. The molecule has 5 heteroatoms. The first-order chi connectivity index (χ1) is 12.2. The number of aromatic nitrogens is 1. The van der Waals surface area contributed by atoms with E-state index in [-0.39, 0.29) is 5.25 Å². The van der Waals surface area contributed by atoms with E-state index in [2.05, 4.69) is 25.1 Å². The van der Waals surface area contributed by atoms with Crippen molar-refractivity contribution in [1.29, 1.82) is 5.26 Å². The van der Waals surface area contributed by atoms with E-state index in [1.165, 1.54) is 24.6 Å². The highest BCUT2D eigenvalue weighted by molar-refractivity contribution is 8.00. The highest BCUT2D eigenvalue weighted by atomic mass is 32.2. The van der Waals surface area contributed by atoms with Crippen LogP contribution in [-0.4, -0.2) is 16.0 Å². The average Bonchev–Trinajstić information content (AvgIpc) is 3.32. The zero-order valence-electron chi connectivity index (χ0n) is 14.2. The lowest BCUT2D eigenvalue weighted by Gasteiger charge is -2.25.